The molecule has 0 amide bonds. The van der Waals surface area contributed by atoms with E-state index in [0.29, 0.717) is 9.26 Å². The van der Waals surface area contributed by atoms with Gasteiger partial charge in [-0.15, -0.1) is 0 Å². The molecular formula is C7H7F2IN2. The number of hydrazine groups is 1. The molecule has 1 rings (SSSR count). The number of rotatable bonds is 2. The van der Waals surface area contributed by atoms with Gasteiger partial charge in [-0.3, -0.25) is 5.84 Å². The van der Waals surface area contributed by atoms with Crippen molar-refractivity contribution in [3.63, 3.8) is 0 Å². The maximum atomic E-state index is 12.3. The predicted molar refractivity (Wildman–Crippen MR) is 51.9 cm³/mol. The molecule has 0 saturated heterocycles. The fraction of sp³-hybridized carbons (Fsp3) is 0.143. The van der Waals surface area contributed by atoms with Gasteiger partial charge in [0.25, 0.3) is 6.43 Å². The van der Waals surface area contributed by atoms with Crippen molar-refractivity contribution in [2.45, 2.75) is 6.43 Å². The molecule has 0 aliphatic rings. The lowest BCUT2D eigenvalue weighted by atomic mass is 10.2. The molecule has 3 N–H and O–H groups in total. The van der Waals surface area contributed by atoms with E-state index in [1.165, 1.54) is 6.07 Å². The number of hydrogen-bond acceptors (Lipinski definition) is 2. The monoisotopic (exact) mass is 284 g/mol. The Labute approximate surface area is 82.2 Å². The molecule has 12 heavy (non-hydrogen) atoms. The van der Waals surface area contributed by atoms with Crippen molar-refractivity contribution in [3.05, 3.63) is 27.3 Å². The van der Waals surface area contributed by atoms with Crippen LogP contribution in [0.15, 0.2) is 18.2 Å². The Kier molecular flexibility index (Phi) is 3.21. The van der Waals surface area contributed by atoms with Gasteiger partial charge in [0.2, 0.25) is 0 Å². The minimum atomic E-state index is -2.49. The van der Waals surface area contributed by atoms with E-state index in [2.05, 4.69) is 5.43 Å². The summed E-state index contributed by atoms with van der Waals surface area (Å²) in [6, 6.07) is 4.63. The Bertz CT molecular complexity index is 278. The van der Waals surface area contributed by atoms with Gasteiger partial charge in [-0.2, -0.15) is 0 Å². The Balaban J connectivity index is 3.18. The zero-order chi connectivity index (χ0) is 9.14. The Hall–Kier alpha value is -0.430. The Morgan fingerprint density at radius 3 is 2.50 bits per heavy atom. The van der Waals surface area contributed by atoms with E-state index in [1.54, 1.807) is 12.1 Å². The molecule has 0 heterocycles. The summed E-state index contributed by atoms with van der Waals surface area (Å²) in [5.41, 5.74) is 2.49. The lowest BCUT2D eigenvalue weighted by molar-refractivity contribution is 0.152. The largest absolute Gasteiger partial charge is 0.323 e. The van der Waals surface area contributed by atoms with Crippen molar-refractivity contribution >= 4 is 28.3 Å². The molecule has 0 spiro atoms. The molecule has 0 aliphatic carbocycles. The van der Waals surface area contributed by atoms with E-state index >= 15 is 0 Å². The van der Waals surface area contributed by atoms with Gasteiger partial charge in [-0.25, -0.2) is 8.78 Å². The molecule has 0 unspecified atom stereocenters. The van der Waals surface area contributed by atoms with Gasteiger partial charge in [-0.1, -0.05) is 12.1 Å². The maximum absolute atomic E-state index is 12.3. The minimum Gasteiger partial charge on any atom is -0.323 e. The minimum absolute atomic E-state index is 0.0654. The van der Waals surface area contributed by atoms with Gasteiger partial charge in [0.1, 0.15) is 0 Å². The summed E-state index contributed by atoms with van der Waals surface area (Å²) in [5.74, 6) is 5.10. The smallest absolute Gasteiger partial charge is 0.265 e. The lowest BCUT2D eigenvalue weighted by Gasteiger charge is -2.09. The highest BCUT2D eigenvalue weighted by Gasteiger charge is 2.13. The van der Waals surface area contributed by atoms with Crippen LogP contribution in [0.5, 0.6) is 0 Å². The zero-order valence-electron chi connectivity index (χ0n) is 6.02. The summed E-state index contributed by atoms with van der Waals surface area (Å²) in [7, 11) is 0. The van der Waals surface area contributed by atoms with Crippen molar-refractivity contribution in [2.75, 3.05) is 5.43 Å². The van der Waals surface area contributed by atoms with Gasteiger partial charge in [0.05, 0.1) is 5.69 Å². The van der Waals surface area contributed by atoms with Crippen LogP contribution in [0.4, 0.5) is 14.5 Å². The third-order valence-corrected chi connectivity index (χ3v) is 2.32. The molecule has 1 aromatic carbocycles. The van der Waals surface area contributed by atoms with Crippen LogP contribution in [-0.4, -0.2) is 0 Å². The average molecular weight is 284 g/mol. The van der Waals surface area contributed by atoms with E-state index < -0.39 is 6.43 Å². The average Bonchev–Trinajstić information content (AvgIpc) is 2.03. The number of benzene rings is 1. The van der Waals surface area contributed by atoms with E-state index in [9.17, 15) is 8.78 Å². The van der Waals surface area contributed by atoms with Gasteiger partial charge >= 0.3 is 0 Å². The van der Waals surface area contributed by atoms with Crippen LogP contribution < -0.4 is 11.3 Å². The van der Waals surface area contributed by atoms with E-state index in [4.69, 9.17) is 5.84 Å². The summed E-state index contributed by atoms with van der Waals surface area (Å²) in [6.45, 7) is 0. The molecule has 66 valence electrons. The number of hydrogen-bond donors (Lipinski definition) is 2. The highest BCUT2D eigenvalue weighted by atomic mass is 127. The number of halogens is 3. The first kappa shape index (κ1) is 9.66. The molecule has 1 aromatic rings. The summed E-state index contributed by atoms with van der Waals surface area (Å²) in [4.78, 5) is 0. The second kappa shape index (κ2) is 3.99. The molecule has 0 aromatic heterocycles. The van der Waals surface area contributed by atoms with Crippen LogP contribution in [0.1, 0.15) is 12.0 Å². The number of nitrogen functional groups attached to an aromatic ring is 1. The highest BCUT2D eigenvalue weighted by molar-refractivity contribution is 14.1. The number of anilines is 1. The quantitative estimate of drug-likeness (QED) is 0.497. The molecule has 0 aliphatic heterocycles. The lowest BCUT2D eigenvalue weighted by Crippen LogP contribution is -2.10. The summed E-state index contributed by atoms with van der Waals surface area (Å²) in [6.07, 6.45) is -2.49. The Morgan fingerprint density at radius 1 is 1.42 bits per heavy atom. The van der Waals surface area contributed by atoms with E-state index in [-0.39, 0.29) is 5.56 Å². The molecule has 0 radical (unpaired) electrons. The van der Waals surface area contributed by atoms with E-state index in [0.717, 1.165) is 0 Å². The van der Waals surface area contributed by atoms with Crippen LogP contribution in [0, 0.1) is 3.57 Å². The van der Waals surface area contributed by atoms with Gasteiger partial charge in [0, 0.05) is 9.13 Å². The van der Waals surface area contributed by atoms with Crippen molar-refractivity contribution in [2.24, 2.45) is 5.84 Å². The van der Waals surface area contributed by atoms with Crippen LogP contribution in [0.25, 0.3) is 0 Å². The summed E-state index contributed by atoms with van der Waals surface area (Å²) in [5, 5.41) is 0. The van der Waals surface area contributed by atoms with Crippen LogP contribution in [-0.2, 0) is 0 Å². The number of nitrogens with two attached hydrogens (primary N) is 1. The van der Waals surface area contributed by atoms with Crippen LogP contribution in [0.3, 0.4) is 0 Å². The first-order valence-corrected chi connectivity index (χ1v) is 4.28. The second-order valence-electron chi connectivity index (χ2n) is 2.15. The number of para-hydroxylation sites is 1. The third-order valence-electron chi connectivity index (χ3n) is 1.43. The molecule has 0 bridgehead atoms. The first-order valence-electron chi connectivity index (χ1n) is 3.20. The standard InChI is InChI=1S/C7H7F2IN2/c8-7(9)4-2-1-3-5(10)6(4)12-11/h1-3,7,12H,11H2. The SMILES string of the molecule is NNc1c(I)cccc1C(F)F. The predicted octanol–water partition coefficient (Wildman–Crippen LogP) is 2.51. The fourth-order valence-electron chi connectivity index (χ4n) is 0.875. The zero-order valence-corrected chi connectivity index (χ0v) is 8.18. The van der Waals surface area contributed by atoms with Gasteiger partial charge in [0.15, 0.2) is 0 Å². The highest BCUT2D eigenvalue weighted by Crippen LogP contribution is 2.29. The third kappa shape index (κ3) is 1.84. The normalized spacial score (nSPS) is 10.4. The summed E-state index contributed by atoms with van der Waals surface area (Å²) >= 11 is 1.94. The summed E-state index contributed by atoms with van der Waals surface area (Å²) < 4.78 is 25.3. The molecule has 2 nitrogen and oxygen atoms in total. The van der Waals surface area contributed by atoms with Crippen molar-refractivity contribution in [3.8, 4) is 0 Å². The van der Waals surface area contributed by atoms with Crippen molar-refractivity contribution in [1.29, 1.82) is 0 Å². The first-order chi connectivity index (χ1) is 5.66. The molecule has 5 heteroatoms. The van der Waals surface area contributed by atoms with Crippen molar-refractivity contribution < 1.29 is 8.78 Å². The fourth-order valence-corrected chi connectivity index (χ4v) is 1.55. The van der Waals surface area contributed by atoms with Crippen LogP contribution in [0.2, 0.25) is 0 Å². The number of nitrogens with one attached hydrogen (secondary N) is 1. The Morgan fingerprint density at radius 2 is 2.08 bits per heavy atom. The molecule has 0 fully saturated rings. The van der Waals surface area contributed by atoms with Crippen molar-refractivity contribution in [1.82, 2.24) is 0 Å². The number of alkyl halides is 2. The second-order valence-corrected chi connectivity index (χ2v) is 3.31. The molecular weight excluding hydrogens is 277 g/mol. The van der Waals surface area contributed by atoms with E-state index in [1.807, 2.05) is 22.6 Å². The van der Waals surface area contributed by atoms with Gasteiger partial charge < -0.3 is 5.43 Å². The maximum Gasteiger partial charge on any atom is 0.265 e. The molecule has 0 saturated carbocycles. The molecule has 0 atom stereocenters. The van der Waals surface area contributed by atoms with Crippen LogP contribution >= 0.6 is 22.6 Å². The topological polar surface area (TPSA) is 38.0 Å². The van der Waals surface area contributed by atoms with Gasteiger partial charge in [-0.05, 0) is 28.7 Å².